The Morgan fingerprint density at radius 3 is 2.57 bits per heavy atom. The van der Waals surface area contributed by atoms with E-state index in [0.717, 1.165) is 37.4 Å². The number of anilines is 1. The maximum Gasteiger partial charge on any atom is 0.350 e. The van der Waals surface area contributed by atoms with E-state index in [0.29, 0.717) is 17.3 Å². The van der Waals surface area contributed by atoms with Crippen LogP contribution in [-0.2, 0) is 11.8 Å². The SMILES string of the molecule is Cn1nc(C2CCN(CC(=O)Nc3cccc(Cl)c3)CC2)n(-c2ccccc2)c1=O. The first-order chi connectivity index (χ1) is 14.5. The van der Waals surface area contributed by atoms with Crippen molar-refractivity contribution in [2.45, 2.75) is 18.8 Å². The number of rotatable bonds is 5. The van der Waals surface area contributed by atoms with Crippen LogP contribution in [0.4, 0.5) is 5.69 Å². The number of halogens is 1. The number of likely N-dealkylation sites (tertiary alicyclic amines) is 1. The highest BCUT2D eigenvalue weighted by Crippen LogP contribution is 2.27. The van der Waals surface area contributed by atoms with E-state index in [1.807, 2.05) is 42.5 Å². The summed E-state index contributed by atoms with van der Waals surface area (Å²) in [5.41, 5.74) is 1.39. The summed E-state index contributed by atoms with van der Waals surface area (Å²) >= 11 is 5.97. The zero-order valence-corrected chi connectivity index (χ0v) is 17.5. The third-order valence-electron chi connectivity index (χ3n) is 5.39. The third-order valence-corrected chi connectivity index (χ3v) is 5.63. The lowest BCUT2D eigenvalue weighted by atomic mass is 9.95. The van der Waals surface area contributed by atoms with Crippen LogP contribution in [0.25, 0.3) is 5.69 Å². The van der Waals surface area contributed by atoms with Gasteiger partial charge in [0.2, 0.25) is 5.91 Å². The van der Waals surface area contributed by atoms with Crippen LogP contribution in [0.15, 0.2) is 59.4 Å². The molecule has 1 aliphatic heterocycles. The van der Waals surface area contributed by atoms with E-state index in [1.165, 1.54) is 4.68 Å². The van der Waals surface area contributed by atoms with Gasteiger partial charge in [-0.05, 0) is 56.3 Å². The number of piperidine rings is 1. The molecule has 8 heteroatoms. The van der Waals surface area contributed by atoms with Gasteiger partial charge in [0, 0.05) is 23.7 Å². The molecule has 2 heterocycles. The minimum Gasteiger partial charge on any atom is -0.325 e. The van der Waals surface area contributed by atoms with Crippen molar-refractivity contribution in [3.8, 4) is 5.69 Å². The van der Waals surface area contributed by atoms with E-state index in [1.54, 1.807) is 23.7 Å². The van der Waals surface area contributed by atoms with E-state index in [2.05, 4.69) is 15.3 Å². The summed E-state index contributed by atoms with van der Waals surface area (Å²) in [4.78, 5) is 27.1. The second kappa shape index (κ2) is 8.85. The molecule has 0 radical (unpaired) electrons. The van der Waals surface area contributed by atoms with Gasteiger partial charge in [-0.1, -0.05) is 35.9 Å². The first kappa shape index (κ1) is 20.4. The first-order valence-corrected chi connectivity index (χ1v) is 10.4. The molecule has 1 amide bonds. The Kier molecular flexibility index (Phi) is 6.01. The lowest BCUT2D eigenvalue weighted by Gasteiger charge is -2.31. The Morgan fingerprint density at radius 2 is 1.87 bits per heavy atom. The monoisotopic (exact) mass is 425 g/mol. The summed E-state index contributed by atoms with van der Waals surface area (Å²) in [5.74, 6) is 0.901. The number of carbonyl (C=O) groups is 1. The van der Waals surface area contributed by atoms with Gasteiger partial charge in [-0.25, -0.2) is 14.0 Å². The highest BCUT2D eigenvalue weighted by molar-refractivity contribution is 6.30. The molecule has 1 saturated heterocycles. The Labute approximate surface area is 179 Å². The van der Waals surface area contributed by atoms with Crippen LogP contribution in [0.2, 0.25) is 5.02 Å². The lowest BCUT2D eigenvalue weighted by Crippen LogP contribution is -2.39. The number of hydrogen-bond acceptors (Lipinski definition) is 4. The molecule has 0 saturated carbocycles. The zero-order chi connectivity index (χ0) is 21.1. The molecular weight excluding hydrogens is 402 g/mol. The average Bonchev–Trinajstić information content (AvgIpc) is 3.03. The molecule has 0 aliphatic carbocycles. The summed E-state index contributed by atoms with van der Waals surface area (Å²) in [6, 6.07) is 16.7. The number of aryl methyl sites for hydroxylation is 1. The quantitative estimate of drug-likeness (QED) is 0.682. The van der Waals surface area contributed by atoms with Gasteiger partial charge in [0.15, 0.2) is 0 Å². The highest BCUT2D eigenvalue weighted by Gasteiger charge is 2.27. The van der Waals surface area contributed by atoms with Gasteiger partial charge in [0.1, 0.15) is 5.82 Å². The van der Waals surface area contributed by atoms with Crippen LogP contribution in [0, 0.1) is 0 Å². The Bertz CT molecular complexity index is 1080. The van der Waals surface area contributed by atoms with Crippen LogP contribution in [0.1, 0.15) is 24.6 Å². The fourth-order valence-electron chi connectivity index (χ4n) is 3.89. The van der Waals surface area contributed by atoms with Crippen molar-refractivity contribution in [2.24, 2.45) is 7.05 Å². The molecule has 156 valence electrons. The van der Waals surface area contributed by atoms with E-state index >= 15 is 0 Å². The van der Waals surface area contributed by atoms with Crippen LogP contribution < -0.4 is 11.0 Å². The van der Waals surface area contributed by atoms with Crippen molar-refractivity contribution in [1.29, 1.82) is 0 Å². The minimum absolute atomic E-state index is 0.0604. The Hall–Kier alpha value is -2.90. The van der Waals surface area contributed by atoms with Crippen molar-refractivity contribution in [3.05, 3.63) is 75.9 Å². The predicted octanol–water partition coefficient (Wildman–Crippen LogP) is 3.04. The van der Waals surface area contributed by atoms with Gasteiger partial charge < -0.3 is 5.32 Å². The standard InChI is InChI=1S/C22H24ClN5O2/c1-26-22(30)28(19-8-3-2-4-9-19)21(25-26)16-10-12-27(13-11-16)15-20(29)24-18-7-5-6-17(23)14-18/h2-9,14,16H,10-13,15H2,1H3,(H,24,29). The predicted molar refractivity (Wildman–Crippen MR) is 117 cm³/mol. The fraction of sp³-hybridized carbons (Fsp3) is 0.318. The molecular formula is C22H24ClN5O2. The molecule has 7 nitrogen and oxygen atoms in total. The Morgan fingerprint density at radius 1 is 1.13 bits per heavy atom. The van der Waals surface area contributed by atoms with Gasteiger partial charge in [-0.15, -0.1) is 0 Å². The number of carbonyl (C=O) groups excluding carboxylic acids is 1. The van der Waals surface area contributed by atoms with Gasteiger partial charge in [-0.3, -0.25) is 9.69 Å². The summed E-state index contributed by atoms with van der Waals surface area (Å²) in [5, 5.41) is 8.00. The molecule has 0 bridgehead atoms. The van der Waals surface area contributed by atoms with Crippen LogP contribution in [0.3, 0.4) is 0 Å². The number of nitrogens with zero attached hydrogens (tertiary/aromatic N) is 4. The number of nitrogens with one attached hydrogen (secondary N) is 1. The topological polar surface area (TPSA) is 72.2 Å². The smallest absolute Gasteiger partial charge is 0.325 e. The molecule has 1 N–H and O–H groups in total. The highest BCUT2D eigenvalue weighted by atomic mass is 35.5. The number of aromatic nitrogens is 3. The van der Waals surface area contributed by atoms with E-state index in [4.69, 9.17) is 11.6 Å². The largest absolute Gasteiger partial charge is 0.350 e. The lowest BCUT2D eigenvalue weighted by molar-refractivity contribution is -0.117. The summed E-state index contributed by atoms with van der Waals surface area (Å²) in [6.45, 7) is 1.87. The number of hydrogen-bond donors (Lipinski definition) is 1. The Balaban J connectivity index is 1.40. The van der Waals surface area contributed by atoms with Gasteiger partial charge in [0.05, 0.1) is 12.2 Å². The molecule has 0 unspecified atom stereocenters. The van der Waals surface area contributed by atoms with E-state index in [-0.39, 0.29) is 17.5 Å². The molecule has 0 spiro atoms. The second-order valence-electron chi connectivity index (χ2n) is 7.54. The molecule has 1 aromatic heterocycles. The van der Waals surface area contributed by atoms with Crippen molar-refractivity contribution < 1.29 is 4.79 Å². The van der Waals surface area contributed by atoms with E-state index < -0.39 is 0 Å². The molecule has 2 aromatic carbocycles. The molecule has 0 atom stereocenters. The van der Waals surface area contributed by atoms with Crippen molar-refractivity contribution in [2.75, 3.05) is 25.0 Å². The summed E-state index contributed by atoms with van der Waals surface area (Å²) in [6.07, 6.45) is 1.68. The molecule has 1 fully saturated rings. The maximum absolute atomic E-state index is 12.6. The average molecular weight is 426 g/mol. The molecule has 3 aromatic rings. The van der Waals surface area contributed by atoms with Crippen LogP contribution in [0.5, 0.6) is 0 Å². The zero-order valence-electron chi connectivity index (χ0n) is 16.8. The second-order valence-corrected chi connectivity index (χ2v) is 7.98. The van der Waals surface area contributed by atoms with Crippen molar-refractivity contribution >= 4 is 23.2 Å². The summed E-state index contributed by atoms with van der Waals surface area (Å²) < 4.78 is 3.10. The van der Waals surface area contributed by atoms with Gasteiger partial charge >= 0.3 is 5.69 Å². The molecule has 30 heavy (non-hydrogen) atoms. The fourth-order valence-corrected chi connectivity index (χ4v) is 4.08. The van der Waals surface area contributed by atoms with Crippen LogP contribution >= 0.6 is 11.6 Å². The van der Waals surface area contributed by atoms with E-state index in [9.17, 15) is 9.59 Å². The minimum atomic E-state index is -0.139. The molecule has 4 rings (SSSR count). The summed E-state index contributed by atoms with van der Waals surface area (Å²) in [7, 11) is 1.68. The van der Waals surface area contributed by atoms with Gasteiger partial charge in [0.25, 0.3) is 0 Å². The normalized spacial score (nSPS) is 15.3. The number of benzene rings is 2. The maximum atomic E-state index is 12.6. The van der Waals surface area contributed by atoms with Crippen molar-refractivity contribution in [3.63, 3.8) is 0 Å². The number of para-hydroxylation sites is 1. The third kappa shape index (κ3) is 4.47. The number of amides is 1. The van der Waals surface area contributed by atoms with Crippen molar-refractivity contribution in [1.82, 2.24) is 19.2 Å². The van der Waals surface area contributed by atoms with Crippen LogP contribution in [-0.4, -0.2) is 44.8 Å². The molecule has 1 aliphatic rings. The van der Waals surface area contributed by atoms with Gasteiger partial charge in [-0.2, -0.15) is 5.10 Å². The first-order valence-electron chi connectivity index (χ1n) is 10.0.